The summed E-state index contributed by atoms with van der Waals surface area (Å²) >= 11 is 0. The van der Waals surface area contributed by atoms with Crippen LogP contribution in [-0.4, -0.2) is 39.9 Å². The van der Waals surface area contributed by atoms with Crippen LogP contribution in [0.4, 0.5) is 0 Å². The minimum Gasteiger partial charge on any atom is -0.309 e. The van der Waals surface area contributed by atoms with Crippen molar-refractivity contribution in [3.63, 3.8) is 0 Å². The van der Waals surface area contributed by atoms with Crippen LogP contribution < -0.4 is 15.9 Å². The van der Waals surface area contributed by atoms with Gasteiger partial charge in [-0.2, -0.15) is 0 Å². The van der Waals surface area contributed by atoms with E-state index in [1.807, 2.05) is 146 Å². The Labute approximate surface area is 866 Å². The third-order valence-corrected chi connectivity index (χ3v) is 33.7. The predicted molar refractivity (Wildman–Crippen MR) is 619 cm³/mol. The number of hydrogen-bond donors (Lipinski definition) is 0. The maximum absolute atomic E-state index is 14.9. The lowest BCUT2D eigenvalue weighted by Crippen LogP contribution is -2.24. The zero-order valence-electron chi connectivity index (χ0n) is 83.2. The molecule has 0 N–H and O–H groups in total. The fraction of sp³-hybridized carbons (Fsp3) is 0.0647. The summed E-state index contributed by atoms with van der Waals surface area (Å²) in [5.41, 5.74) is 36.4. The zero-order chi connectivity index (χ0) is 100. The molecule has 0 radical (unpaired) electrons. The summed E-state index contributed by atoms with van der Waals surface area (Å²) in [6.45, 7) is 14.0. The van der Waals surface area contributed by atoms with Crippen molar-refractivity contribution in [2.75, 3.05) is 0 Å². The molecule has 0 aliphatic heterocycles. The summed E-state index contributed by atoms with van der Waals surface area (Å²) in [7, 11) is -3.03. The van der Waals surface area contributed by atoms with Gasteiger partial charge in [-0.05, 0) is 123 Å². The number of aromatic nitrogens is 8. The molecule has 0 amide bonds. The van der Waals surface area contributed by atoms with Gasteiger partial charge in [0.15, 0.2) is 30.4 Å². The summed E-state index contributed by atoms with van der Waals surface area (Å²) in [6.07, 6.45) is 0. The zero-order valence-corrected chi connectivity index (χ0v) is 84.1. The van der Waals surface area contributed by atoms with Crippen LogP contribution in [0.2, 0.25) is 0 Å². The molecular weight excluding hydrogens is 1830 g/mol. The van der Waals surface area contributed by atoms with E-state index >= 15 is 0 Å². The van der Waals surface area contributed by atoms with Crippen molar-refractivity contribution in [2.24, 2.45) is 0 Å². The van der Waals surface area contributed by atoms with Gasteiger partial charge >= 0.3 is 0 Å². The van der Waals surface area contributed by atoms with Crippen LogP contribution in [0, 0.1) is 0 Å². The summed E-state index contributed by atoms with van der Waals surface area (Å²) in [4.78, 5) is 41.7. The van der Waals surface area contributed by atoms with Gasteiger partial charge in [0, 0.05) is 115 Å². The molecule has 20 aromatic carbocycles. The molecular formula is C139H99N8OP. The molecule has 0 bridgehead atoms. The smallest absolute Gasteiger partial charge is 0.171 e. The second-order valence-electron chi connectivity index (χ2n) is 40.6. The van der Waals surface area contributed by atoms with Gasteiger partial charge in [0.25, 0.3) is 0 Å². The van der Waals surface area contributed by atoms with Crippen molar-refractivity contribution in [3.05, 3.63) is 525 Å². The van der Waals surface area contributed by atoms with Crippen molar-refractivity contribution in [1.29, 1.82) is 0 Å². The average molecular weight is 1930 g/mol. The predicted octanol–water partition coefficient (Wildman–Crippen LogP) is 34.0. The van der Waals surface area contributed by atoms with Gasteiger partial charge in [0.1, 0.15) is 0 Å². The van der Waals surface area contributed by atoms with Crippen LogP contribution >= 0.6 is 7.14 Å². The van der Waals surface area contributed by atoms with Crippen molar-refractivity contribution in [3.8, 4) is 157 Å². The molecule has 0 saturated carbocycles. The second kappa shape index (κ2) is 36.8. The number of pyridine rings is 3. The molecule has 0 saturated heterocycles. The fourth-order valence-corrected chi connectivity index (χ4v) is 26.0. The Morgan fingerprint density at radius 3 is 0.846 bits per heavy atom. The lowest BCUT2D eigenvalue weighted by atomic mass is 9.78. The molecule has 5 heterocycles. The summed E-state index contributed by atoms with van der Waals surface area (Å²) in [6, 6.07) is 172. The normalized spacial score (nSPS) is 13.1. The largest absolute Gasteiger partial charge is 0.309 e. The highest BCUT2D eigenvalue weighted by atomic mass is 31.2. The van der Waals surface area contributed by atoms with Gasteiger partial charge in [-0.15, -0.1) is 0 Å². The summed E-state index contributed by atoms with van der Waals surface area (Å²) < 4.78 is 14.9. The molecule has 0 spiro atoms. The first-order valence-corrected chi connectivity index (χ1v) is 52.7. The average Bonchev–Trinajstić information content (AvgIpc) is 1.56. The molecule has 28 rings (SSSR count). The summed E-state index contributed by atoms with van der Waals surface area (Å²) in [5, 5.41) is 13.1. The van der Waals surface area contributed by atoms with E-state index in [-0.39, 0.29) is 16.2 Å². The standard InChI is InChI=1S/C50H35N3.C46H34NOP.C43H30N4/c1-50(2)42-23-12-11-22-40(42)48-46(50)45(41-29-28-34-16-9-10-21-39(34)47(41)53-48)38-20-13-19-37(30-38)44-31-43(35-17-7-4-8-18-35)51-49(52-44)36-26-24-33(25-27-36)32-14-5-3-6-15-32;1-46(2)41-20-12-11-19-39(41)45-43(46)42(40-30-27-33-13-9-10-18-38(33)44(40)47-45)34-23-21-31(22-24-34)32-25-28-37(29-26-32)49(48,35-14-5-3-6-15-35)36-16-7-4-8-17-36;1-43(2)35-23-12-11-22-33(35)39-37(43)36(34-25-24-27-14-9-10-21-32(27)38(34)44-39)30-19-13-20-31(26-30)42-46-40(28-15-5-3-6-16-28)45-41(47-42)29-17-7-4-8-18-29/h3-31H,1-2H3;3-30H,1-2H3;3-26H,1-2H3. The van der Waals surface area contributed by atoms with Crippen molar-refractivity contribution >= 4 is 88.1 Å². The first-order valence-electron chi connectivity index (χ1n) is 51.0. The Hall–Kier alpha value is -18.3. The van der Waals surface area contributed by atoms with E-state index in [4.69, 9.17) is 39.9 Å². The number of nitrogens with zero attached hydrogens (tertiary/aromatic N) is 8. The highest BCUT2D eigenvalue weighted by molar-refractivity contribution is 7.85. The van der Waals surface area contributed by atoms with Crippen LogP contribution in [-0.2, 0) is 20.8 Å². The molecule has 149 heavy (non-hydrogen) atoms. The van der Waals surface area contributed by atoms with Gasteiger partial charge in [-0.25, -0.2) is 39.9 Å². The van der Waals surface area contributed by atoms with E-state index < -0.39 is 7.14 Å². The molecule has 0 atom stereocenters. The monoisotopic (exact) mass is 1930 g/mol. The Balaban J connectivity index is 0.000000113. The van der Waals surface area contributed by atoms with Gasteiger partial charge in [0.05, 0.1) is 45.0 Å². The molecule has 9 nitrogen and oxygen atoms in total. The molecule has 3 aliphatic rings. The van der Waals surface area contributed by atoms with Gasteiger partial charge in [-0.1, -0.05) is 515 Å². The third-order valence-electron chi connectivity index (χ3n) is 30.7. The molecule has 3 aliphatic carbocycles. The minimum atomic E-state index is -3.03. The Morgan fingerprint density at radius 2 is 0.443 bits per heavy atom. The van der Waals surface area contributed by atoms with Crippen molar-refractivity contribution in [1.82, 2.24) is 39.9 Å². The maximum Gasteiger partial charge on any atom is 0.171 e. The maximum atomic E-state index is 14.9. The topological polar surface area (TPSA) is 120 Å². The fourth-order valence-electron chi connectivity index (χ4n) is 23.3. The van der Waals surface area contributed by atoms with Crippen LogP contribution in [0.15, 0.2) is 491 Å². The lowest BCUT2D eigenvalue weighted by Gasteiger charge is -2.25. The van der Waals surface area contributed by atoms with Crippen molar-refractivity contribution in [2.45, 2.75) is 57.8 Å². The van der Waals surface area contributed by atoms with Crippen molar-refractivity contribution < 1.29 is 4.57 Å². The first-order chi connectivity index (χ1) is 73.0. The Bertz CT molecular complexity index is 9560. The van der Waals surface area contributed by atoms with Gasteiger partial charge in [0.2, 0.25) is 0 Å². The highest BCUT2D eigenvalue weighted by Crippen LogP contribution is 2.59. The lowest BCUT2D eigenvalue weighted by molar-refractivity contribution is 0.592. The third kappa shape index (κ3) is 15.7. The quantitative estimate of drug-likeness (QED) is 0.0774. The Morgan fingerprint density at radius 1 is 0.181 bits per heavy atom. The molecule has 10 heteroatoms. The summed E-state index contributed by atoms with van der Waals surface area (Å²) in [5.74, 6) is 2.64. The van der Waals surface area contributed by atoms with Crippen LogP contribution in [0.25, 0.3) is 222 Å². The SMILES string of the molecule is CC1(C)c2ccccc2-c2nc3c(ccc4ccccc43)c(-c3ccc(-c4ccc(P(=O)(c5ccccc5)c5ccccc5)cc4)cc3)c21.CC1(C)c2ccccc2-c2nc3c(ccc4ccccc43)c(-c3cccc(-c4cc(-c5ccccc5)nc(-c5ccc(-c6ccccc6)cc5)n4)c3)c21.CC1(C)c2ccccc2-c2nc3c(ccc4ccccc43)c(-c3cccc(-c4nc(-c5ccccc5)nc(-c5ccccc5)n4)c3)c21. The van der Waals surface area contributed by atoms with E-state index in [1.165, 1.54) is 110 Å². The van der Waals surface area contributed by atoms with E-state index in [0.29, 0.717) is 23.3 Å². The highest BCUT2D eigenvalue weighted by Gasteiger charge is 2.44. The van der Waals surface area contributed by atoms with Crippen LogP contribution in [0.1, 0.15) is 74.9 Å². The molecule has 25 aromatic rings. The molecule has 0 fully saturated rings. The van der Waals surface area contributed by atoms with Gasteiger partial charge in [-0.3, -0.25) is 0 Å². The second-order valence-corrected chi connectivity index (χ2v) is 43.3. The van der Waals surface area contributed by atoms with E-state index in [2.05, 4.69) is 387 Å². The Kier molecular flexibility index (Phi) is 22.4. The first kappa shape index (κ1) is 90.7. The van der Waals surface area contributed by atoms with Crippen LogP contribution in [0.5, 0.6) is 0 Å². The van der Waals surface area contributed by atoms with Crippen LogP contribution in [0.3, 0.4) is 0 Å². The molecule has 0 unspecified atom stereocenters. The minimum absolute atomic E-state index is 0.200. The molecule has 706 valence electrons. The number of fused-ring (bicyclic) bond motifs is 18. The number of benzene rings is 20. The number of rotatable bonds is 14. The number of hydrogen-bond acceptors (Lipinski definition) is 9. The van der Waals surface area contributed by atoms with E-state index in [1.54, 1.807) is 0 Å². The molecule has 5 aromatic heterocycles. The van der Waals surface area contributed by atoms with E-state index in [9.17, 15) is 4.57 Å². The van der Waals surface area contributed by atoms with E-state index in [0.717, 1.165) is 138 Å². The van der Waals surface area contributed by atoms with Gasteiger partial charge < -0.3 is 4.57 Å².